The second kappa shape index (κ2) is 7.72. The number of hydrogen-bond acceptors (Lipinski definition) is 3. The molecule has 1 amide bonds. The maximum atomic E-state index is 12.5. The van der Waals surface area contributed by atoms with E-state index in [1.165, 1.54) is 22.9 Å². The molecule has 0 atom stereocenters. The van der Waals surface area contributed by atoms with Gasteiger partial charge in [-0.3, -0.25) is 9.48 Å². The highest BCUT2D eigenvalue weighted by atomic mass is 16.4. The molecule has 1 saturated heterocycles. The normalized spacial score (nSPS) is 15.2. The molecule has 0 unspecified atom stereocenters. The third-order valence-corrected chi connectivity index (χ3v) is 4.95. The van der Waals surface area contributed by atoms with Crippen molar-refractivity contribution >= 4 is 11.9 Å². The van der Waals surface area contributed by atoms with Crippen LogP contribution in [0.5, 0.6) is 0 Å². The van der Waals surface area contributed by atoms with Gasteiger partial charge < -0.3 is 10.0 Å². The van der Waals surface area contributed by atoms with Crippen molar-refractivity contribution < 1.29 is 14.7 Å². The summed E-state index contributed by atoms with van der Waals surface area (Å²) >= 11 is 0. The zero-order chi connectivity index (χ0) is 18.7. The number of benzene rings is 1. The van der Waals surface area contributed by atoms with Gasteiger partial charge in [0.2, 0.25) is 5.91 Å². The Labute approximate surface area is 153 Å². The fourth-order valence-electron chi connectivity index (χ4n) is 3.65. The first kappa shape index (κ1) is 18.2. The Hall–Kier alpha value is -2.63. The monoisotopic (exact) mass is 355 g/mol. The van der Waals surface area contributed by atoms with Gasteiger partial charge in [-0.2, -0.15) is 5.10 Å². The summed E-state index contributed by atoms with van der Waals surface area (Å²) in [5.41, 5.74) is 3.88. The van der Waals surface area contributed by atoms with E-state index in [1.807, 2.05) is 4.90 Å². The van der Waals surface area contributed by atoms with E-state index < -0.39 is 5.97 Å². The summed E-state index contributed by atoms with van der Waals surface area (Å²) in [4.78, 5) is 25.4. The van der Waals surface area contributed by atoms with Gasteiger partial charge in [-0.25, -0.2) is 4.79 Å². The summed E-state index contributed by atoms with van der Waals surface area (Å²) in [6.45, 7) is 5.54. The lowest BCUT2D eigenvalue weighted by atomic mass is 10.0. The second-order valence-corrected chi connectivity index (χ2v) is 7.12. The predicted octanol–water partition coefficient (Wildman–Crippen LogP) is 2.99. The molecule has 2 heterocycles. The highest BCUT2D eigenvalue weighted by Gasteiger charge is 2.24. The minimum Gasteiger partial charge on any atom is -0.478 e. The molecule has 26 heavy (non-hydrogen) atoms. The lowest BCUT2D eigenvalue weighted by Gasteiger charge is -2.32. The third-order valence-electron chi connectivity index (χ3n) is 4.95. The molecule has 1 aromatic heterocycles. The minimum atomic E-state index is -0.963. The number of nitrogens with zero attached hydrogens (tertiary/aromatic N) is 3. The Morgan fingerprint density at radius 3 is 2.38 bits per heavy atom. The number of carboxylic acid groups (broad SMARTS) is 1. The summed E-state index contributed by atoms with van der Waals surface area (Å²) in [6.07, 6.45) is 5.85. The van der Waals surface area contributed by atoms with Crippen molar-refractivity contribution in [1.82, 2.24) is 14.7 Å². The first-order valence-corrected chi connectivity index (χ1v) is 9.05. The van der Waals surface area contributed by atoms with E-state index in [2.05, 4.69) is 37.1 Å². The molecule has 0 saturated carbocycles. The molecule has 0 radical (unpaired) electrons. The Bertz CT molecular complexity index is 784. The number of carbonyl (C=O) groups is 2. The molecule has 0 aliphatic carbocycles. The number of rotatable bonds is 5. The molecule has 1 N–H and O–H groups in total. The summed E-state index contributed by atoms with van der Waals surface area (Å²) in [5.74, 6) is -0.774. The molecule has 3 rings (SSSR count). The average molecular weight is 355 g/mol. The van der Waals surface area contributed by atoms with Crippen molar-refractivity contribution in [2.75, 3.05) is 13.1 Å². The number of piperidine rings is 1. The lowest BCUT2D eigenvalue weighted by Crippen LogP contribution is -2.39. The zero-order valence-electron chi connectivity index (χ0n) is 15.3. The van der Waals surface area contributed by atoms with Crippen LogP contribution in [-0.4, -0.2) is 44.8 Å². The van der Waals surface area contributed by atoms with Crippen LogP contribution in [0.2, 0.25) is 0 Å². The van der Waals surface area contributed by atoms with Gasteiger partial charge >= 0.3 is 5.97 Å². The van der Waals surface area contributed by atoms with Gasteiger partial charge in [0.05, 0.1) is 17.8 Å². The second-order valence-electron chi connectivity index (χ2n) is 7.12. The SMILES string of the molecule is Cc1cc(C)cc(CCC(=O)N2CCC(n3cc(C(=O)O)cn3)CC2)c1. The van der Waals surface area contributed by atoms with Gasteiger partial charge in [0, 0.05) is 25.7 Å². The number of carbonyl (C=O) groups excluding carboxylic acids is 1. The highest BCUT2D eigenvalue weighted by molar-refractivity contribution is 5.86. The number of aromatic nitrogens is 2. The van der Waals surface area contributed by atoms with E-state index in [4.69, 9.17) is 5.11 Å². The average Bonchev–Trinajstić information content (AvgIpc) is 3.09. The summed E-state index contributed by atoms with van der Waals surface area (Å²) in [7, 11) is 0. The van der Waals surface area contributed by atoms with E-state index in [-0.39, 0.29) is 17.5 Å². The molecule has 6 heteroatoms. The largest absolute Gasteiger partial charge is 0.478 e. The van der Waals surface area contributed by atoms with Crippen LogP contribution in [0.4, 0.5) is 0 Å². The smallest absolute Gasteiger partial charge is 0.338 e. The fourth-order valence-corrected chi connectivity index (χ4v) is 3.65. The van der Waals surface area contributed by atoms with E-state index >= 15 is 0 Å². The lowest BCUT2D eigenvalue weighted by molar-refractivity contribution is -0.132. The number of aromatic carboxylic acids is 1. The Kier molecular flexibility index (Phi) is 5.40. The van der Waals surface area contributed by atoms with Crippen molar-refractivity contribution in [2.24, 2.45) is 0 Å². The molecule has 138 valence electrons. The number of carboxylic acids is 1. The fraction of sp³-hybridized carbons (Fsp3) is 0.450. The number of likely N-dealkylation sites (tertiary alicyclic amines) is 1. The van der Waals surface area contributed by atoms with Crippen LogP contribution in [0.15, 0.2) is 30.6 Å². The van der Waals surface area contributed by atoms with Crippen molar-refractivity contribution in [3.05, 3.63) is 52.8 Å². The van der Waals surface area contributed by atoms with E-state index in [1.54, 1.807) is 10.9 Å². The Morgan fingerprint density at radius 2 is 1.81 bits per heavy atom. The number of hydrogen-bond donors (Lipinski definition) is 1. The molecule has 1 aliphatic heterocycles. The van der Waals surface area contributed by atoms with Crippen molar-refractivity contribution in [2.45, 2.75) is 45.6 Å². The van der Waals surface area contributed by atoms with Crippen molar-refractivity contribution in [3.8, 4) is 0 Å². The predicted molar refractivity (Wildman–Crippen MR) is 98.3 cm³/mol. The van der Waals surface area contributed by atoms with Gasteiger partial charge in [-0.05, 0) is 38.7 Å². The highest BCUT2D eigenvalue weighted by Crippen LogP contribution is 2.23. The standard InChI is InChI=1S/C20H25N3O3/c1-14-9-15(2)11-16(10-14)3-4-19(24)22-7-5-18(6-8-22)23-13-17(12-21-23)20(25)26/h9-13,18H,3-8H2,1-2H3,(H,25,26). The third kappa shape index (κ3) is 4.31. The van der Waals surface area contributed by atoms with Gasteiger partial charge in [-0.1, -0.05) is 29.3 Å². The topological polar surface area (TPSA) is 75.4 Å². The maximum absolute atomic E-state index is 12.5. The molecule has 1 aromatic carbocycles. The van der Waals surface area contributed by atoms with E-state index in [9.17, 15) is 9.59 Å². The summed E-state index contributed by atoms with van der Waals surface area (Å²) in [5, 5.41) is 13.1. The number of amides is 1. The van der Waals surface area contributed by atoms with Crippen molar-refractivity contribution in [1.29, 1.82) is 0 Å². The molecule has 1 fully saturated rings. The van der Waals surface area contributed by atoms with Gasteiger partial charge in [0.15, 0.2) is 0 Å². The van der Waals surface area contributed by atoms with Crippen LogP contribution < -0.4 is 0 Å². The van der Waals surface area contributed by atoms with Gasteiger partial charge in [0.25, 0.3) is 0 Å². The van der Waals surface area contributed by atoms with E-state index in [0.717, 1.165) is 19.3 Å². The molecular formula is C20H25N3O3. The quantitative estimate of drug-likeness (QED) is 0.895. The first-order valence-electron chi connectivity index (χ1n) is 9.05. The maximum Gasteiger partial charge on any atom is 0.338 e. The van der Waals surface area contributed by atoms with Gasteiger partial charge in [0.1, 0.15) is 0 Å². The molecular weight excluding hydrogens is 330 g/mol. The first-order chi connectivity index (χ1) is 12.4. The van der Waals surface area contributed by atoms with Crippen LogP contribution in [0, 0.1) is 13.8 Å². The zero-order valence-corrected chi connectivity index (χ0v) is 15.3. The van der Waals surface area contributed by atoms with E-state index in [0.29, 0.717) is 19.5 Å². The van der Waals surface area contributed by atoms with Crippen LogP contribution in [-0.2, 0) is 11.2 Å². The van der Waals surface area contributed by atoms with Gasteiger partial charge in [-0.15, -0.1) is 0 Å². The van der Waals surface area contributed by atoms with Crippen molar-refractivity contribution in [3.63, 3.8) is 0 Å². The van der Waals surface area contributed by atoms with Crippen LogP contribution >= 0.6 is 0 Å². The summed E-state index contributed by atoms with van der Waals surface area (Å²) in [6, 6.07) is 6.59. The molecule has 1 aliphatic rings. The molecule has 0 bridgehead atoms. The molecule has 0 spiro atoms. The Balaban J connectivity index is 1.50. The summed E-state index contributed by atoms with van der Waals surface area (Å²) < 4.78 is 1.72. The van der Waals surface area contributed by atoms with Crippen LogP contribution in [0.1, 0.15) is 52.4 Å². The van der Waals surface area contributed by atoms with Crippen LogP contribution in [0.3, 0.4) is 0 Å². The minimum absolute atomic E-state index is 0.159. The van der Waals surface area contributed by atoms with Crippen LogP contribution in [0.25, 0.3) is 0 Å². The molecule has 6 nitrogen and oxygen atoms in total. The number of aryl methyl sites for hydroxylation is 3. The molecule has 2 aromatic rings. The Morgan fingerprint density at radius 1 is 1.15 bits per heavy atom.